The molecule has 0 amide bonds. The molecule has 0 saturated carbocycles. The van der Waals surface area contributed by atoms with Gasteiger partial charge in [0.1, 0.15) is 11.5 Å². The van der Waals surface area contributed by atoms with Gasteiger partial charge in [0.2, 0.25) is 0 Å². The van der Waals surface area contributed by atoms with Crippen LogP contribution in [-0.2, 0) is 6.54 Å². The van der Waals surface area contributed by atoms with Crippen LogP contribution in [0.5, 0.6) is 11.5 Å². The van der Waals surface area contributed by atoms with Gasteiger partial charge < -0.3 is 10.1 Å². The van der Waals surface area contributed by atoms with Gasteiger partial charge in [0.05, 0.1) is 5.02 Å². The van der Waals surface area contributed by atoms with E-state index in [0.29, 0.717) is 15.8 Å². The number of nitrogens with one attached hydrogen (secondary N) is 1. The van der Waals surface area contributed by atoms with Gasteiger partial charge in [-0.15, -0.1) is 0 Å². The first-order valence-corrected chi connectivity index (χ1v) is 7.29. The number of hydrogen-bond acceptors (Lipinski definition) is 2. The van der Waals surface area contributed by atoms with Crippen LogP contribution in [-0.4, -0.2) is 6.54 Å². The van der Waals surface area contributed by atoms with E-state index in [1.54, 1.807) is 18.2 Å². The second-order valence-corrected chi connectivity index (χ2v) is 5.40. The van der Waals surface area contributed by atoms with Crippen molar-refractivity contribution in [2.45, 2.75) is 20.4 Å². The molecule has 1 N–H and O–H groups in total. The Morgan fingerprint density at radius 2 is 1.85 bits per heavy atom. The second-order valence-electron chi connectivity index (χ2n) is 4.56. The monoisotopic (exact) mass is 309 g/mol. The number of hydrogen-bond donors (Lipinski definition) is 1. The fourth-order valence-corrected chi connectivity index (χ4v) is 2.20. The van der Waals surface area contributed by atoms with Crippen LogP contribution in [0.2, 0.25) is 10.0 Å². The molecule has 0 aliphatic rings. The molecule has 0 unspecified atom stereocenters. The lowest BCUT2D eigenvalue weighted by atomic mass is 10.1. The number of aryl methyl sites for hydroxylation is 1. The van der Waals surface area contributed by atoms with Crippen LogP contribution in [0.25, 0.3) is 0 Å². The Balaban J connectivity index is 2.19. The highest BCUT2D eigenvalue weighted by atomic mass is 35.5. The Morgan fingerprint density at radius 1 is 1.05 bits per heavy atom. The molecule has 0 aliphatic carbocycles. The molecule has 0 radical (unpaired) electrons. The molecule has 20 heavy (non-hydrogen) atoms. The van der Waals surface area contributed by atoms with Crippen LogP contribution >= 0.6 is 23.2 Å². The maximum Gasteiger partial charge on any atom is 0.147 e. The van der Waals surface area contributed by atoms with Gasteiger partial charge in [0.15, 0.2) is 0 Å². The minimum atomic E-state index is 0.547. The zero-order valence-electron chi connectivity index (χ0n) is 11.5. The highest BCUT2D eigenvalue weighted by Crippen LogP contribution is 2.33. The van der Waals surface area contributed by atoms with Crippen molar-refractivity contribution in [3.8, 4) is 11.5 Å². The maximum atomic E-state index is 6.10. The number of benzene rings is 2. The topological polar surface area (TPSA) is 21.3 Å². The van der Waals surface area contributed by atoms with Gasteiger partial charge >= 0.3 is 0 Å². The number of ether oxygens (including phenoxy) is 1. The Morgan fingerprint density at radius 3 is 2.55 bits per heavy atom. The average Bonchev–Trinajstić information content (AvgIpc) is 2.43. The van der Waals surface area contributed by atoms with E-state index in [0.717, 1.165) is 24.4 Å². The molecule has 0 spiro atoms. The molecule has 2 aromatic carbocycles. The lowest BCUT2D eigenvalue weighted by molar-refractivity contribution is 0.479. The first-order valence-electron chi connectivity index (χ1n) is 6.53. The van der Waals surface area contributed by atoms with Crippen LogP contribution in [0.1, 0.15) is 18.1 Å². The fourth-order valence-electron chi connectivity index (χ4n) is 1.88. The summed E-state index contributed by atoms with van der Waals surface area (Å²) >= 11 is 12.1. The maximum absolute atomic E-state index is 6.10. The van der Waals surface area contributed by atoms with Crippen molar-refractivity contribution in [3.63, 3.8) is 0 Å². The van der Waals surface area contributed by atoms with Crippen LogP contribution in [0, 0.1) is 6.92 Å². The molecule has 4 heteroatoms. The third kappa shape index (κ3) is 3.89. The summed E-state index contributed by atoms with van der Waals surface area (Å²) in [5.74, 6) is 1.36. The summed E-state index contributed by atoms with van der Waals surface area (Å²) < 4.78 is 5.84. The zero-order valence-corrected chi connectivity index (χ0v) is 13.1. The zero-order chi connectivity index (χ0) is 14.5. The van der Waals surface area contributed by atoms with Crippen molar-refractivity contribution < 1.29 is 4.74 Å². The molecule has 0 fully saturated rings. The Labute approximate surface area is 129 Å². The van der Waals surface area contributed by atoms with Gasteiger partial charge in [-0.2, -0.15) is 0 Å². The molecule has 106 valence electrons. The van der Waals surface area contributed by atoms with Gasteiger partial charge in [-0.1, -0.05) is 42.3 Å². The van der Waals surface area contributed by atoms with E-state index in [2.05, 4.69) is 18.3 Å². The third-order valence-electron chi connectivity index (χ3n) is 2.93. The molecular weight excluding hydrogens is 293 g/mol. The summed E-state index contributed by atoms with van der Waals surface area (Å²) in [5.41, 5.74) is 2.30. The standard InChI is InChI=1S/C16H17Cl2NO/c1-3-19-10-12-4-7-15(11(2)8-12)20-16-9-13(17)5-6-14(16)18/h4-9,19H,3,10H2,1-2H3. The largest absolute Gasteiger partial charge is 0.455 e. The van der Waals surface area contributed by atoms with E-state index in [1.807, 2.05) is 19.1 Å². The molecule has 2 nitrogen and oxygen atoms in total. The lowest BCUT2D eigenvalue weighted by Gasteiger charge is -2.12. The molecular formula is C16H17Cl2NO. The molecule has 2 rings (SSSR count). The number of halogens is 2. The molecule has 0 aliphatic heterocycles. The summed E-state index contributed by atoms with van der Waals surface area (Å²) in [6, 6.07) is 11.3. The summed E-state index contributed by atoms with van der Waals surface area (Å²) in [5, 5.41) is 4.45. The van der Waals surface area contributed by atoms with Gasteiger partial charge in [-0.05, 0) is 42.8 Å². The van der Waals surface area contributed by atoms with Gasteiger partial charge in [-0.3, -0.25) is 0 Å². The minimum absolute atomic E-state index is 0.547. The van der Waals surface area contributed by atoms with E-state index in [4.69, 9.17) is 27.9 Å². The van der Waals surface area contributed by atoms with Crippen molar-refractivity contribution in [1.82, 2.24) is 5.32 Å². The van der Waals surface area contributed by atoms with Crippen molar-refractivity contribution in [2.75, 3.05) is 6.54 Å². The normalized spacial score (nSPS) is 10.6. The highest BCUT2D eigenvalue weighted by molar-refractivity contribution is 6.34. The van der Waals surface area contributed by atoms with Crippen LogP contribution < -0.4 is 10.1 Å². The average molecular weight is 310 g/mol. The van der Waals surface area contributed by atoms with E-state index in [9.17, 15) is 0 Å². The second kappa shape index (κ2) is 6.98. The van der Waals surface area contributed by atoms with Crippen molar-refractivity contribution in [1.29, 1.82) is 0 Å². The van der Waals surface area contributed by atoms with Gasteiger partial charge in [0, 0.05) is 17.6 Å². The van der Waals surface area contributed by atoms with Crippen LogP contribution in [0.4, 0.5) is 0 Å². The highest BCUT2D eigenvalue weighted by Gasteiger charge is 2.07. The van der Waals surface area contributed by atoms with Crippen molar-refractivity contribution in [2.24, 2.45) is 0 Å². The third-order valence-corrected chi connectivity index (χ3v) is 3.48. The van der Waals surface area contributed by atoms with Gasteiger partial charge in [0.25, 0.3) is 0 Å². The van der Waals surface area contributed by atoms with Crippen LogP contribution in [0.15, 0.2) is 36.4 Å². The summed E-state index contributed by atoms with van der Waals surface area (Å²) in [6.07, 6.45) is 0. The first kappa shape index (κ1) is 15.2. The van der Waals surface area contributed by atoms with E-state index in [-0.39, 0.29) is 0 Å². The SMILES string of the molecule is CCNCc1ccc(Oc2cc(Cl)ccc2Cl)c(C)c1. The molecule has 0 aromatic heterocycles. The fraction of sp³-hybridized carbons (Fsp3) is 0.250. The van der Waals surface area contributed by atoms with Gasteiger partial charge in [-0.25, -0.2) is 0 Å². The quantitative estimate of drug-likeness (QED) is 0.819. The number of rotatable bonds is 5. The van der Waals surface area contributed by atoms with E-state index >= 15 is 0 Å². The predicted molar refractivity (Wildman–Crippen MR) is 85.1 cm³/mol. The van der Waals surface area contributed by atoms with Crippen molar-refractivity contribution in [3.05, 3.63) is 57.6 Å². The lowest BCUT2D eigenvalue weighted by Crippen LogP contribution is -2.11. The minimum Gasteiger partial charge on any atom is -0.455 e. The molecule has 0 saturated heterocycles. The Hall–Kier alpha value is -1.22. The summed E-state index contributed by atoms with van der Waals surface area (Å²) in [7, 11) is 0. The van der Waals surface area contributed by atoms with E-state index in [1.165, 1.54) is 5.56 Å². The summed E-state index contributed by atoms with van der Waals surface area (Å²) in [4.78, 5) is 0. The first-order chi connectivity index (χ1) is 9.60. The molecule has 2 aromatic rings. The predicted octanol–water partition coefficient (Wildman–Crippen LogP) is 5.20. The molecule has 0 bridgehead atoms. The molecule has 0 atom stereocenters. The van der Waals surface area contributed by atoms with E-state index < -0.39 is 0 Å². The summed E-state index contributed by atoms with van der Waals surface area (Å²) in [6.45, 7) is 5.92. The smallest absolute Gasteiger partial charge is 0.147 e. The Bertz CT molecular complexity index is 599. The Kier molecular flexibility index (Phi) is 5.30. The van der Waals surface area contributed by atoms with Crippen LogP contribution in [0.3, 0.4) is 0 Å². The molecule has 0 heterocycles. The van der Waals surface area contributed by atoms with Crippen molar-refractivity contribution >= 4 is 23.2 Å².